The smallest absolute Gasteiger partial charge is 0.141 e. The van der Waals surface area contributed by atoms with E-state index in [0.29, 0.717) is 21.3 Å². The molecule has 0 aliphatic carbocycles. The number of hydrogen-bond donors (Lipinski definition) is 0. The molecule has 0 radical (unpaired) electrons. The Bertz CT molecular complexity index is 541. The number of rotatable bonds is 1. The van der Waals surface area contributed by atoms with Crippen LogP contribution in [0.3, 0.4) is 0 Å². The summed E-state index contributed by atoms with van der Waals surface area (Å²) in [6.45, 7) is 1.78. The molecule has 1 heterocycles. The minimum Gasteiger partial charge on any atom is -0.253 e. The Kier molecular flexibility index (Phi) is 3.13. The van der Waals surface area contributed by atoms with E-state index < -0.39 is 0 Å². The average Bonchev–Trinajstić information content (AvgIpc) is 2.22. The van der Waals surface area contributed by atoms with Crippen LogP contribution in [0.25, 0.3) is 11.3 Å². The first-order valence-electron chi connectivity index (χ1n) is 4.65. The lowest BCUT2D eigenvalue weighted by Gasteiger charge is -2.07. The highest BCUT2D eigenvalue weighted by molar-refractivity contribution is 6.35. The van der Waals surface area contributed by atoms with Crippen molar-refractivity contribution in [1.29, 1.82) is 0 Å². The van der Waals surface area contributed by atoms with E-state index in [0.717, 1.165) is 5.56 Å². The average molecular weight is 256 g/mol. The Hall–Kier alpha value is -1.12. The molecule has 16 heavy (non-hydrogen) atoms. The van der Waals surface area contributed by atoms with Gasteiger partial charge in [-0.1, -0.05) is 23.2 Å². The molecule has 82 valence electrons. The molecule has 0 spiro atoms. The lowest BCUT2D eigenvalue weighted by Crippen LogP contribution is -1.90. The van der Waals surface area contributed by atoms with E-state index in [1.54, 1.807) is 25.1 Å². The molecule has 0 atom stereocenters. The van der Waals surface area contributed by atoms with Crippen molar-refractivity contribution in [3.8, 4) is 11.3 Å². The maximum Gasteiger partial charge on any atom is 0.141 e. The molecule has 0 saturated carbocycles. The Morgan fingerprint density at radius 2 is 1.94 bits per heavy atom. The van der Waals surface area contributed by atoms with Crippen molar-refractivity contribution < 1.29 is 4.39 Å². The fourth-order valence-corrected chi connectivity index (χ4v) is 1.88. The van der Waals surface area contributed by atoms with Gasteiger partial charge in [0.15, 0.2) is 0 Å². The van der Waals surface area contributed by atoms with Gasteiger partial charge in [-0.05, 0) is 36.8 Å². The number of halogens is 3. The second-order valence-corrected chi connectivity index (χ2v) is 4.29. The van der Waals surface area contributed by atoms with Crippen LogP contribution in [0.5, 0.6) is 0 Å². The summed E-state index contributed by atoms with van der Waals surface area (Å²) in [7, 11) is 0. The summed E-state index contributed by atoms with van der Waals surface area (Å²) in [4.78, 5) is 4.03. The van der Waals surface area contributed by atoms with Crippen molar-refractivity contribution in [2.75, 3.05) is 0 Å². The molecule has 1 aromatic carbocycles. The van der Waals surface area contributed by atoms with Gasteiger partial charge >= 0.3 is 0 Å². The maximum atomic E-state index is 12.9. The van der Waals surface area contributed by atoms with Gasteiger partial charge in [-0.15, -0.1) is 0 Å². The van der Waals surface area contributed by atoms with Crippen molar-refractivity contribution in [2.24, 2.45) is 0 Å². The molecule has 0 saturated heterocycles. The predicted octanol–water partition coefficient (Wildman–Crippen LogP) is 4.50. The van der Waals surface area contributed by atoms with E-state index in [2.05, 4.69) is 4.98 Å². The van der Waals surface area contributed by atoms with Crippen LogP contribution in [0.2, 0.25) is 10.0 Å². The zero-order chi connectivity index (χ0) is 11.7. The third-order valence-electron chi connectivity index (χ3n) is 2.23. The molecule has 0 N–H and O–H groups in total. The number of aryl methyl sites for hydroxylation is 1. The van der Waals surface area contributed by atoms with Crippen LogP contribution in [-0.2, 0) is 0 Å². The van der Waals surface area contributed by atoms with Crippen LogP contribution in [0.1, 0.15) is 5.56 Å². The third kappa shape index (κ3) is 2.18. The van der Waals surface area contributed by atoms with Crippen molar-refractivity contribution >= 4 is 23.2 Å². The second-order valence-electron chi connectivity index (χ2n) is 3.44. The van der Waals surface area contributed by atoms with Gasteiger partial charge in [0.05, 0.1) is 16.9 Å². The summed E-state index contributed by atoms with van der Waals surface area (Å²) in [5.74, 6) is -0.362. The molecule has 0 amide bonds. The van der Waals surface area contributed by atoms with Crippen LogP contribution in [-0.4, -0.2) is 4.98 Å². The minimum atomic E-state index is -0.362. The van der Waals surface area contributed by atoms with Gasteiger partial charge in [-0.2, -0.15) is 0 Å². The first kappa shape index (κ1) is 11.4. The molecular weight excluding hydrogens is 248 g/mol. The minimum absolute atomic E-state index is 0.362. The number of aromatic nitrogens is 1. The van der Waals surface area contributed by atoms with Gasteiger partial charge in [-0.3, -0.25) is 4.98 Å². The van der Waals surface area contributed by atoms with Crippen LogP contribution < -0.4 is 0 Å². The Labute approximate surface area is 103 Å². The summed E-state index contributed by atoms with van der Waals surface area (Å²) in [6.07, 6.45) is 1.17. The summed E-state index contributed by atoms with van der Waals surface area (Å²) in [5.41, 5.74) is 2.09. The molecule has 1 aromatic heterocycles. The lowest BCUT2D eigenvalue weighted by atomic mass is 10.1. The third-order valence-corrected chi connectivity index (χ3v) is 2.79. The van der Waals surface area contributed by atoms with Crippen LogP contribution >= 0.6 is 23.2 Å². The molecule has 0 aliphatic heterocycles. The lowest BCUT2D eigenvalue weighted by molar-refractivity contribution is 0.620. The van der Waals surface area contributed by atoms with E-state index in [9.17, 15) is 4.39 Å². The van der Waals surface area contributed by atoms with Gasteiger partial charge in [0, 0.05) is 10.6 Å². The van der Waals surface area contributed by atoms with E-state index >= 15 is 0 Å². The highest BCUT2D eigenvalue weighted by Gasteiger charge is 2.09. The van der Waals surface area contributed by atoms with Crippen LogP contribution in [0.15, 0.2) is 30.5 Å². The molecular formula is C12H8Cl2FN. The van der Waals surface area contributed by atoms with Crippen molar-refractivity contribution in [1.82, 2.24) is 4.98 Å². The Morgan fingerprint density at radius 3 is 2.62 bits per heavy atom. The van der Waals surface area contributed by atoms with Gasteiger partial charge in [0.25, 0.3) is 0 Å². The number of hydrogen-bond acceptors (Lipinski definition) is 1. The normalized spacial score (nSPS) is 10.5. The molecule has 2 aromatic rings. The Balaban J connectivity index is 2.62. The summed E-state index contributed by atoms with van der Waals surface area (Å²) < 4.78 is 12.9. The van der Waals surface area contributed by atoms with Gasteiger partial charge in [-0.25, -0.2) is 4.39 Å². The molecule has 0 aliphatic rings. The molecule has 1 nitrogen and oxygen atoms in total. The van der Waals surface area contributed by atoms with E-state index in [1.165, 1.54) is 12.3 Å². The monoisotopic (exact) mass is 255 g/mol. The van der Waals surface area contributed by atoms with Gasteiger partial charge < -0.3 is 0 Å². The van der Waals surface area contributed by atoms with Gasteiger partial charge in [0.2, 0.25) is 0 Å². The molecule has 4 heteroatoms. The highest BCUT2D eigenvalue weighted by atomic mass is 35.5. The van der Waals surface area contributed by atoms with E-state index in [1.807, 2.05) is 0 Å². The SMILES string of the molecule is Cc1cc(F)cnc1-c1cc(Cl)ccc1Cl. The zero-order valence-electron chi connectivity index (χ0n) is 8.47. The van der Waals surface area contributed by atoms with E-state index in [-0.39, 0.29) is 5.82 Å². The first-order chi connectivity index (χ1) is 7.58. The molecule has 0 bridgehead atoms. The first-order valence-corrected chi connectivity index (χ1v) is 5.41. The number of benzene rings is 1. The van der Waals surface area contributed by atoms with E-state index in [4.69, 9.17) is 23.2 Å². The predicted molar refractivity (Wildman–Crippen MR) is 64.4 cm³/mol. The second kappa shape index (κ2) is 4.40. The summed E-state index contributed by atoms with van der Waals surface area (Å²) >= 11 is 11.9. The van der Waals surface area contributed by atoms with Gasteiger partial charge in [0.1, 0.15) is 5.82 Å². The molecule has 0 unspecified atom stereocenters. The number of pyridine rings is 1. The fraction of sp³-hybridized carbons (Fsp3) is 0.0833. The summed E-state index contributed by atoms with van der Waals surface area (Å²) in [5, 5.41) is 1.12. The standard InChI is InChI=1S/C12H8Cl2FN/c1-7-4-9(15)6-16-12(7)10-5-8(13)2-3-11(10)14/h2-6H,1H3. The zero-order valence-corrected chi connectivity index (χ0v) is 9.98. The fourth-order valence-electron chi connectivity index (χ4n) is 1.50. The van der Waals surface area contributed by atoms with Crippen molar-refractivity contribution in [2.45, 2.75) is 6.92 Å². The summed E-state index contributed by atoms with van der Waals surface area (Å²) in [6, 6.07) is 6.53. The number of nitrogens with zero attached hydrogens (tertiary/aromatic N) is 1. The highest BCUT2D eigenvalue weighted by Crippen LogP contribution is 2.31. The largest absolute Gasteiger partial charge is 0.253 e. The van der Waals surface area contributed by atoms with Crippen molar-refractivity contribution in [3.05, 3.63) is 51.9 Å². The maximum absolute atomic E-state index is 12.9. The van der Waals surface area contributed by atoms with Crippen LogP contribution in [0, 0.1) is 12.7 Å². The van der Waals surface area contributed by atoms with Crippen LogP contribution in [0.4, 0.5) is 4.39 Å². The Morgan fingerprint density at radius 1 is 1.19 bits per heavy atom. The van der Waals surface area contributed by atoms with Crippen molar-refractivity contribution in [3.63, 3.8) is 0 Å². The topological polar surface area (TPSA) is 12.9 Å². The molecule has 2 rings (SSSR count). The molecule has 0 fully saturated rings. The quantitative estimate of drug-likeness (QED) is 0.731.